The van der Waals surface area contributed by atoms with Gasteiger partial charge in [-0.15, -0.1) is 10.2 Å². The minimum atomic E-state index is -0.0529. The lowest BCUT2D eigenvalue weighted by Gasteiger charge is -2.10. The molecule has 3 aromatic carbocycles. The van der Waals surface area contributed by atoms with Crippen LogP contribution in [0.1, 0.15) is 17.0 Å². The van der Waals surface area contributed by atoms with Crippen molar-refractivity contribution in [2.45, 2.75) is 25.5 Å². The Hall–Kier alpha value is -3.58. The number of carbonyl (C=O) groups excluding carboxylic acids is 1. The predicted molar refractivity (Wildman–Crippen MR) is 132 cm³/mol. The number of hydrogen-bond donors (Lipinski definition) is 1. The molecule has 0 aliphatic carbocycles. The van der Waals surface area contributed by atoms with Crippen LogP contribution in [-0.2, 0) is 11.3 Å². The molecule has 168 valence electrons. The van der Waals surface area contributed by atoms with Gasteiger partial charge < -0.3 is 10.1 Å². The molecule has 33 heavy (non-hydrogen) atoms. The van der Waals surface area contributed by atoms with E-state index in [1.165, 1.54) is 22.9 Å². The van der Waals surface area contributed by atoms with Crippen molar-refractivity contribution in [3.05, 3.63) is 89.7 Å². The molecule has 1 aromatic heterocycles. The summed E-state index contributed by atoms with van der Waals surface area (Å²) in [6, 6.07) is 24.3. The van der Waals surface area contributed by atoms with Crippen molar-refractivity contribution in [1.29, 1.82) is 0 Å². The van der Waals surface area contributed by atoms with Crippen LogP contribution in [0.2, 0.25) is 0 Å². The van der Waals surface area contributed by atoms with E-state index in [0.717, 1.165) is 28.4 Å². The van der Waals surface area contributed by atoms with Crippen LogP contribution in [0.25, 0.3) is 16.8 Å². The summed E-state index contributed by atoms with van der Waals surface area (Å²) in [6.45, 7) is 4.45. The highest BCUT2D eigenvalue weighted by atomic mass is 32.2. The lowest BCUT2D eigenvalue weighted by atomic mass is 10.0. The van der Waals surface area contributed by atoms with E-state index in [4.69, 9.17) is 4.74 Å². The Labute approximate surface area is 198 Å². The first-order valence-corrected chi connectivity index (χ1v) is 11.6. The number of carbonyl (C=O) groups is 1. The van der Waals surface area contributed by atoms with Crippen LogP contribution in [0, 0.1) is 13.8 Å². The van der Waals surface area contributed by atoms with Crippen LogP contribution in [0.3, 0.4) is 0 Å². The molecule has 0 aliphatic rings. The summed E-state index contributed by atoms with van der Waals surface area (Å²) in [5.74, 6) is 1.75. The summed E-state index contributed by atoms with van der Waals surface area (Å²) in [5, 5.41) is 12.1. The number of rotatable bonds is 8. The van der Waals surface area contributed by atoms with Crippen molar-refractivity contribution in [3.8, 4) is 22.6 Å². The van der Waals surface area contributed by atoms with Crippen molar-refractivity contribution >= 4 is 17.7 Å². The number of nitrogens with one attached hydrogen (secondary N) is 1. The van der Waals surface area contributed by atoms with Gasteiger partial charge in [-0.1, -0.05) is 59.8 Å². The Morgan fingerprint density at radius 1 is 0.970 bits per heavy atom. The van der Waals surface area contributed by atoms with Gasteiger partial charge in [-0.2, -0.15) is 0 Å². The fourth-order valence-corrected chi connectivity index (χ4v) is 4.36. The molecular formula is C26H26N4O2S. The van der Waals surface area contributed by atoms with Gasteiger partial charge in [-0.3, -0.25) is 9.36 Å². The summed E-state index contributed by atoms with van der Waals surface area (Å²) >= 11 is 1.36. The third-order valence-corrected chi connectivity index (χ3v) is 6.16. The van der Waals surface area contributed by atoms with Crippen molar-refractivity contribution < 1.29 is 9.53 Å². The summed E-state index contributed by atoms with van der Waals surface area (Å²) in [7, 11) is 1.64. The van der Waals surface area contributed by atoms with Gasteiger partial charge in [-0.05, 0) is 60.9 Å². The van der Waals surface area contributed by atoms with Gasteiger partial charge in [0.25, 0.3) is 0 Å². The molecular weight excluding hydrogens is 432 g/mol. The molecule has 1 heterocycles. The smallest absolute Gasteiger partial charge is 0.230 e. The fourth-order valence-electron chi connectivity index (χ4n) is 3.53. The van der Waals surface area contributed by atoms with E-state index in [2.05, 4.69) is 58.8 Å². The van der Waals surface area contributed by atoms with E-state index in [0.29, 0.717) is 11.7 Å². The first-order chi connectivity index (χ1) is 16.0. The van der Waals surface area contributed by atoms with E-state index in [9.17, 15) is 4.79 Å². The third kappa shape index (κ3) is 5.62. The van der Waals surface area contributed by atoms with Crippen LogP contribution in [0.5, 0.6) is 5.75 Å². The molecule has 0 spiro atoms. The molecule has 1 N–H and O–H groups in total. The highest BCUT2D eigenvalue weighted by molar-refractivity contribution is 7.99. The second-order valence-corrected chi connectivity index (χ2v) is 8.64. The first-order valence-electron chi connectivity index (χ1n) is 10.7. The van der Waals surface area contributed by atoms with Gasteiger partial charge in [0.2, 0.25) is 5.91 Å². The molecule has 0 atom stereocenters. The van der Waals surface area contributed by atoms with Crippen LogP contribution >= 0.6 is 11.8 Å². The van der Waals surface area contributed by atoms with Crippen molar-refractivity contribution in [1.82, 2.24) is 20.1 Å². The minimum Gasteiger partial charge on any atom is -0.497 e. The number of aromatic nitrogens is 3. The molecule has 7 heteroatoms. The Balaban J connectivity index is 1.37. The molecule has 6 nitrogen and oxygen atoms in total. The number of ether oxygens (including phenoxy) is 1. The monoisotopic (exact) mass is 458 g/mol. The van der Waals surface area contributed by atoms with Crippen molar-refractivity contribution in [3.63, 3.8) is 0 Å². The normalized spacial score (nSPS) is 10.8. The van der Waals surface area contributed by atoms with E-state index >= 15 is 0 Å². The van der Waals surface area contributed by atoms with Gasteiger partial charge in [0.1, 0.15) is 11.6 Å². The fraction of sp³-hybridized carbons (Fsp3) is 0.192. The largest absolute Gasteiger partial charge is 0.497 e. The summed E-state index contributed by atoms with van der Waals surface area (Å²) in [6.07, 6.45) is 0. The predicted octanol–water partition coefficient (Wildman–Crippen LogP) is 4.97. The quantitative estimate of drug-likeness (QED) is 0.378. The lowest BCUT2D eigenvalue weighted by Crippen LogP contribution is -2.24. The van der Waals surface area contributed by atoms with Crippen LogP contribution in [0.15, 0.2) is 78.0 Å². The minimum absolute atomic E-state index is 0.0529. The van der Waals surface area contributed by atoms with Gasteiger partial charge in [0.05, 0.1) is 12.9 Å². The zero-order valence-corrected chi connectivity index (χ0v) is 19.7. The summed E-state index contributed by atoms with van der Waals surface area (Å²) in [4.78, 5) is 12.5. The van der Waals surface area contributed by atoms with Gasteiger partial charge in [0.15, 0.2) is 5.16 Å². The van der Waals surface area contributed by atoms with Crippen LogP contribution < -0.4 is 10.1 Å². The number of methoxy groups -OCH3 is 1. The second kappa shape index (κ2) is 10.4. The van der Waals surface area contributed by atoms with E-state index < -0.39 is 0 Å². The van der Waals surface area contributed by atoms with Crippen molar-refractivity contribution in [2.24, 2.45) is 0 Å². The molecule has 0 bridgehead atoms. The van der Waals surface area contributed by atoms with Crippen molar-refractivity contribution in [2.75, 3.05) is 12.9 Å². The lowest BCUT2D eigenvalue weighted by molar-refractivity contribution is -0.118. The maximum atomic E-state index is 12.5. The van der Waals surface area contributed by atoms with E-state index in [-0.39, 0.29) is 11.7 Å². The summed E-state index contributed by atoms with van der Waals surface area (Å²) in [5.41, 5.74) is 5.52. The molecule has 4 aromatic rings. The third-order valence-electron chi connectivity index (χ3n) is 5.23. The molecule has 1 amide bonds. The second-order valence-electron chi connectivity index (χ2n) is 7.70. The Kier molecular flexibility index (Phi) is 7.10. The molecule has 0 unspecified atom stereocenters. The number of hydrogen-bond acceptors (Lipinski definition) is 5. The zero-order chi connectivity index (χ0) is 23.2. The molecule has 0 fully saturated rings. The zero-order valence-electron chi connectivity index (χ0n) is 18.9. The Bertz CT molecular complexity index is 1250. The topological polar surface area (TPSA) is 69.0 Å². The summed E-state index contributed by atoms with van der Waals surface area (Å²) < 4.78 is 7.16. The highest BCUT2D eigenvalue weighted by Crippen LogP contribution is 2.24. The maximum Gasteiger partial charge on any atom is 0.230 e. The van der Waals surface area contributed by atoms with Gasteiger partial charge in [-0.25, -0.2) is 0 Å². The maximum absolute atomic E-state index is 12.5. The van der Waals surface area contributed by atoms with Crippen LogP contribution in [-0.4, -0.2) is 33.5 Å². The SMILES string of the molecule is COc1ccc(-n2c(C)nnc2SCC(=O)NCc2cccc(-c3cccc(C)c3)c2)cc1. The Morgan fingerprint density at radius 2 is 1.70 bits per heavy atom. The molecule has 0 radical (unpaired) electrons. The molecule has 0 saturated carbocycles. The average molecular weight is 459 g/mol. The van der Waals surface area contributed by atoms with E-state index in [1.807, 2.05) is 47.9 Å². The van der Waals surface area contributed by atoms with E-state index in [1.54, 1.807) is 7.11 Å². The number of benzene rings is 3. The average Bonchev–Trinajstić information content (AvgIpc) is 3.22. The number of thioether (sulfide) groups is 1. The molecule has 0 aliphatic heterocycles. The molecule has 0 saturated heterocycles. The van der Waals surface area contributed by atoms with Gasteiger partial charge >= 0.3 is 0 Å². The first kappa shape index (κ1) is 22.6. The number of aryl methyl sites for hydroxylation is 2. The molecule has 4 rings (SSSR count). The van der Waals surface area contributed by atoms with Crippen LogP contribution in [0.4, 0.5) is 0 Å². The highest BCUT2D eigenvalue weighted by Gasteiger charge is 2.13. The number of nitrogens with zero attached hydrogens (tertiary/aromatic N) is 3. The number of amides is 1. The standard InChI is InChI=1S/C26H26N4O2S/c1-18-6-4-8-21(14-18)22-9-5-7-20(15-22)16-27-25(31)17-33-26-29-28-19(2)30(26)23-10-12-24(32-3)13-11-23/h4-15H,16-17H2,1-3H3,(H,27,31). The Morgan fingerprint density at radius 3 is 2.42 bits per heavy atom. The van der Waals surface area contributed by atoms with Gasteiger partial charge in [0, 0.05) is 12.2 Å².